The molecule has 112 valence electrons. The lowest BCUT2D eigenvalue weighted by atomic mass is 10.2. The maximum absolute atomic E-state index is 12.6. The van der Waals surface area contributed by atoms with Gasteiger partial charge in [-0.15, -0.1) is 0 Å². The zero-order chi connectivity index (χ0) is 16.1. The van der Waals surface area contributed by atoms with Crippen molar-refractivity contribution in [1.29, 1.82) is 0 Å². The van der Waals surface area contributed by atoms with Gasteiger partial charge >= 0.3 is 0 Å². The number of hydrogen-bond donors (Lipinski definition) is 1. The molecule has 22 heavy (non-hydrogen) atoms. The fourth-order valence-electron chi connectivity index (χ4n) is 2.16. The number of rotatable bonds is 2. The first-order valence-corrected chi connectivity index (χ1v) is 7.38. The minimum absolute atomic E-state index is 0.187. The predicted octanol–water partition coefficient (Wildman–Crippen LogP) is 2.39. The van der Waals surface area contributed by atoms with Crippen LogP contribution in [-0.2, 0) is 9.84 Å². The quantitative estimate of drug-likeness (QED) is 0.566. The number of fused-ring (bicyclic) bond motifs is 2. The van der Waals surface area contributed by atoms with E-state index in [2.05, 4.69) is 5.32 Å². The molecule has 0 radical (unpaired) electrons. The Morgan fingerprint density at radius 1 is 0.818 bits per heavy atom. The molecule has 0 saturated heterocycles. The Morgan fingerprint density at radius 3 is 1.59 bits per heavy atom. The molecule has 0 saturated carbocycles. The summed E-state index contributed by atoms with van der Waals surface area (Å²) in [6.07, 6.45) is 0. The molecule has 0 fully saturated rings. The van der Waals surface area contributed by atoms with E-state index in [-0.39, 0.29) is 32.5 Å². The van der Waals surface area contributed by atoms with E-state index >= 15 is 0 Å². The van der Waals surface area contributed by atoms with Crippen LogP contribution < -0.4 is 5.32 Å². The van der Waals surface area contributed by atoms with Crippen LogP contribution in [0.3, 0.4) is 0 Å². The van der Waals surface area contributed by atoms with Crippen molar-refractivity contribution in [2.45, 2.75) is 9.79 Å². The van der Waals surface area contributed by atoms with Crippen molar-refractivity contribution in [1.82, 2.24) is 0 Å². The minimum Gasteiger partial charge on any atom is -0.353 e. The van der Waals surface area contributed by atoms with Crippen molar-refractivity contribution < 1.29 is 18.3 Å². The molecule has 1 aliphatic heterocycles. The molecule has 1 N–H and O–H groups in total. The predicted molar refractivity (Wildman–Crippen MR) is 74.9 cm³/mol. The van der Waals surface area contributed by atoms with E-state index in [4.69, 9.17) is 0 Å². The molecule has 2 aromatic carbocycles. The van der Waals surface area contributed by atoms with Gasteiger partial charge in [0.1, 0.15) is 9.79 Å². The van der Waals surface area contributed by atoms with E-state index in [1.165, 1.54) is 24.3 Å². The van der Waals surface area contributed by atoms with Gasteiger partial charge in [-0.05, 0) is 12.1 Å². The number of nitrogens with one attached hydrogen (secondary N) is 1. The lowest BCUT2D eigenvalue weighted by Crippen LogP contribution is -2.14. The molecule has 0 spiro atoms. The molecule has 10 heteroatoms. The lowest BCUT2D eigenvalue weighted by molar-refractivity contribution is -0.385. The SMILES string of the molecule is O=[N+]([O-])c1ccc2c(c1)S(=O)(=O)c1cc([N+](=O)[O-])ccc1N2. The number of benzene rings is 2. The maximum atomic E-state index is 12.6. The van der Waals surface area contributed by atoms with Crippen LogP contribution in [-0.4, -0.2) is 18.3 Å². The number of nitrogens with zero attached hydrogens (tertiary/aromatic N) is 2. The Balaban J connectivity index is 2.26. The van der Waals surface area contributed by atoms with E-state index in [1.807, 2.05) is 0 Å². The Morgan fingerprint density at radius 2 is 1.23 bits per heavy atom. The third-order valence-electron chi connectivity index (χ3n) is 3.20. The Hall–Kier alpha value is -3.01. The fourth-order valence-corrected chi connectivity index (χ4v) is 3.77. The normalized spacial score (nSPS) is 14.4. The summed E-state index contributed by atoms with van der Waals surface area (Å²) >= 11 is 0. The highest BCUT2D eigenvalue weighted by atomic mass is 32.2. The second-order valence-corrected chi connectivity index (χ2v) is 6.39. The lowest BCUT2D eigenvalue weighted by Gasteiger charge is -2.20. The number of hydrogen-bond acceptors (Lipinski definition) is 7. The first-order chi connectivity index (χ1) is 10.3. The monoisotopic (exact) mass is 321 g/mol. The average Bonchev–Trinajstić information content (AvgIpc) is 2.46. The summed E-state index contributed by atoms with van der Waals surface area (Å²) < 4.78 is 25.1. The van der Waals surface area contributed by atoms with E-state index < -0.39 is 19.7 Å². The van der Waals surface area contributed by atoms with Crippen LogP contribution in [0, 0.1) is 20.2 Å². The Kier molecular flexibility index (Phi) is 2.85. The topological polar surface area (TPSA) is 132 Å². The number of sulfone groups is 1. The van der Waals surface area contributed by atoms with Crippen molar-refractivity contribution in [3.63, 3.8) is 0 Å². The standard InChI is InChI=1S/C12H7N3O6S/c16-14(17)7-1-3-9-11(5-7)22(20,21)12-6-8(15(18)19)2-4-10(12)13-9/h1-6,13H. The zero-order valence-electron chi connectivity index (χ0n) is 10.7. The molecular formula is C12H7N3O6S. The first-order valence-electron chi connectivity index (χ1n) is 5.90. The summed E-state index contributed by atoms with van der Waals surface area (Å²) in [5.41, 5.74) is -0.380. The Labute approximate surface area is 123 Å². The van der Waals surface area contributed by atoms with Gasteiger partial charge in [0.2, 0.25) is 9.84 Å². The molecule has 0 amide bonds. The van der Waals surface area contributed by atoms with Crippen molar-refractivity contribution in [3.8, 4) is 0 Å². The largest absolute Gasteiger partial charge is 0.353 e. The van der Waals surface area contributed by atoms with Gasteiger partial charge in [-0.25, -0.2) is 8.42 Å². The van der Waals surface area contributed by atoms with Crippen molar-refractivity contribution >= 4 is 32.6 Å². The number of nitro groups is 2. The molecule has 0 atom stereocenters. The summed E-state index contributed by atoms with van der Waals surface area (Å²) in [6, 6.07) is 6.79. The summed E-state index contributed by atoms with van der Waals surface area (Å²) in [5.74, 6) is 0. The summed E-state index contributed by atoms with van der Waals surface area (Å²) in [5, 5.41) is 24.4. The van der Waals surface area contributed by atoms with Crippen LogP contribution in [0.2, 0.25) is 0 Å². The summed E-state index contributed by atoms with van der Waals surface area (Å²) in [6.45, 7) is 0. The van der Waals surface area contributed by atoms with Crippen molar-refractivity contribution in [3.05, 3.63) is 56.6 Å². The second-order valence-electron chi connectivity index (χ2n) is 4.50. The maximum Gasteiger partial charge on any atom is 0.270 e. The van der Waals surface area contributed by atoms with Crippen LogP contribution in [0.25, 0.3) is 0 Å². The Bertz CT molecular complexity index is 868. The first kappa shape index (κ1) is 13.9. The highest BCUT2D eigenvalue weighted by Crippen LogP contribution is 2.41. The van der Waals surface area contributed by atoms with Crippen molar-refractivity contribution in [2.75, 3.05) is 5.32 Å². The second kappa shape index (κ2) is 4.49. The molecular weight excluding hydrogens is 314 g/mol. The van der Waals surface area contributed by atoms with Crippen LogP contribution >= 0.6 is 0 Å². The molecule has 1 heterocycles. The van der Waals surface area contributed by atoms with Crippen LogP contribution in [0.1, 0.15) is 0 Å². The molecule has 0 bridgehead atoms. The summed E-state index contributed by atoms with van der Waals surface area (Å²) in [7, 11) is -4.08. The van der Waals surface area contributed by atoms with Gasteiger partial charge in [0, 0.05) is 24.3 Å². The van der Waals surface area contributed by atoms with E-state index in [0.29, 0.717) is 0 Å². The third-order valence-corrected chi connectivity index (χ3v) is 5.03. The van der Waals surface area contributed by atoms with Gasteiger partial charge < -0.3 is 5.32 Å². The molecule has 3 rings (SSSR count). The average molecular weight is 321 g/mol. The zero-order valence-corrected chi connectivity index (χ0v) is 11.5. The van der Waals surface area contributed by atoms with Gasteiger partial charge in [-0.3, -0.25) is 20.2 Å². The molecule has 2 aromatic rings. The van der Waals surface area contributed by atoms with Crippen LogP contribution in [0.15, 0.2) is 46.2 Å². The molecule has 1 aliphatic rings. The van der Waals surface area contributed by atoms with Gasteiger partial charge in [-0.2, -0.15) is 0 Å². The molecule has 0 aromatic heterocycles. The molecule has 0 unspecified atom stereocenters. The van der Waals surface area contributed by atoms with E-state index in [1.54, 1.807) is 0 Å². The summed E-state index contributed by atoms with van der Waals surface area (Å²) in [4.78, 5) is 19.6. The van der Waals surface area contributed by atoms with Crippen LogP contribution in [0.5, 0.6) is 0 Å². The number of non-ortho nitro benzene ring substituents is 2. The smallest absolute Gasteiger partial charge is 0.270 e. The fraction of sp³-hybridized carbons (Fsp3) is 0. The van der Waals surface area contributed by atoms with Gasteiger partial charge in [0.05, 0.1) is 21.2 Å². The van der Waals surface area contributed by atoms with Gasteiger partial charge in [0.15, 0.2) is 0 Å². The third kappa shape index (κ3) is 1.97. The van der Waals surface area contributed by atoms with Crippen molar-refractivity contribution in [2.24, 2.45) is 0 Å². The number of anilines is 2. The highest BCUT2D eigenvalue weighted by molar-refractivity contribution is 7.92. The molecule has 0 aliphatic carbocycles. The van der Waals surface area contributed by atoms with E-state index in [0.717, 1.165) is 12.1 Å². The minimum atomic E-state index is -4.08. The van der Waals surface area contributed by atoms with Gasteiger partial charge in [0.25, 0.3) is 11.4 Å². The van der Waals surface area contributed by atoms with Crippen LogP contribution in [0.4, 0.5) is 22.7 Å². The van der Waals surface area contributed by atoms with Gasteiger partial charge in [-0.1, -0.05) is 0 Å². The van der Waals surface area contributed by atoms with E-state index in [9.17, 15) is 28.6 Å². The number of nitro benzene ring substituents is 2. The molecule has 9 nitrogen and oxygen atoms in total. The highest BCUT2D eigenvalue weighted by Gasteiger charge is 2.32.